The third-order valence-corrected chi connectivity index (χ3v) is 2.36. The largest absolute Gasteiger partial charge is 0.481 e. The molecule has 1 N–H and O–H groups in total. The third kappa shape index (κ3) is 3.89. The molecule has 16 heavy (non-hydrogen) atoms. The molecule has 0 heterocycles. The van der Waals surface area contributed by atoms with Crippen LogP contribution in [0.3, 0.4) is 0 Å². The Hall–Kier alpha value is -1.57. The van der Waals surface area contributed by atoms with Crippen molar-refractivity contribution < 1.29 is 9.90 Å². The molecule has 0 amide bonds. The number of carbonyl (C=O) groups is 1. The SMILES string of the molecule is CC(C)(C)c1cccc(C=CCC(=O)O)c1. The van der Waals surface area contributed by atoms with Crippen molar-refractivity contribution in [2.75, 3.05) is 0 Å². The highest BCUT2D eigenvalue weighted by Gasteiger charge is 2.12. The van der Waals surface area contributed by atoms with Crippen LogP contribution in [0, 0.1) is 0 Å². The Morgan fingerprint density at radius 3 is 2.62 bits per heavy atom. The maximum absolute atomic E-state index is 10.4. The van der Waals surface area contributed by atoms with Gasteiger partial charge in [-0.05, 0) is 16.5 Å². The summed E-state index contributed by atoms with van der Waals surface area (Å²) in [5.41, 5.74) is 2.43. The molecule has 0 fully saturated rings. The molecule has 0 saturated heterocycles. The molecule has 1 rings (SSSR count). The lowest BCUT2D eigenvalue weighted by molar-refractivity contribution is -0.135. The Labute approximate surface area is 96.6 Å². The number of carboxylic acids is 1. The summed E-state index contributed by atoms with van der Waals surface area (Å²) in [5.74, 6) is -0.803. The zero-order chi connectivity index (χ0) is 12.2. The van der Waals surface area contributed by atoms with Gasteiger partial charge in [0.05, 0.1) is 6.42 Å². The fourth-order valence-electron chi connectivity index (χ4n) is 1.40. The van der Waals surface area contributed by atoms with Crippen LogP contribution < -0.4 is 0 Å². The van der Waals surface area contributed by atoms with Crippen molar-refractivity contribution in [3.05, 3.63) is 41.5 Å². The summed E-state index contributed by atoms with van der Waals surface area (Å²) >= 11 is 0. The normalized spacial score (nSPS) is 11.9. The van der Waals surface area contributed by atoms with Gasteiger partial charge in [0, 0.05) is 0 Å². The highest BCUT2D eigenvalue weighted by atomic mass is 16.4. The first kappa shape index (κ1) is 12.5. The summed E-state index contributed by atoms with van der Waals surface area (Å²) in [4.78, 5) is 10.4. The van der Waals surface area contributed by atoms with Gasteiger partial charge in [0.2, 0.25) is 0 Å². The van der Waals surface area contributed by atoms with Crippen molar-refractivity contribution in [2.24, 2.45) is 0 Å². The molecular weight excluding hydrogens is 200 g/mol. The molecule has 2 heteroatoms. The van der Waals surface area contributed by atoms with Crippen LogP contribution in [0.4, 0.5) is 0 Å². The molecule has 0 atom stereocenters. The van der Waals surface area contributed by atoms with E-state index in [-0.39, 0.29) is 11.8 Å². The zero-order valence-corrected chi connectivity index (χ0v) is 10.0. The molecule has 0 bridgehead atoms. The molecule has 0 aromatic heterocycles. The second kappa shape index (κ2) is 4.97. The van der Waals surface area contributed by atoms with Crippen molar-refractivity contribution in [2.45, 2.75) is 32.6 Å². The van der Waals surface area contributed by atoms with Gasteiger partial charge in [0.15, 0.2) is 0 Å². The second-order valence-corrected chi connectivity index (χ2v) is 4.88. The quantitative estimate of drug-likeness (QED) is 0.843. The first-order valence-corrected chi connectivity index (χ1v) is 5.38. The van der Waals surface area contributed by atoms with Gasteiger partial charge in [0.25, 0.3) is 0 Å². The van der Waals surface area contributed by atoms with E-state index in [1.165, 1.54) is 5.56 Å². The summed E-state index contributed by atoms with van der Waals surface area (Å²) in [5, 5.41) is 8.52. The molecule has 86 valence electrons. The van der Waals surface area contributed by atoms with Gasteiger partial charge in [-0.15, -0.1) is 0 Å². The van der Waals surface area contributed by atoms with Gasteiger partial charge in [0.1, 0.15) is 0 Å². The van der Waals surface area contributed by atoms with Crippen LogP contribution in [0.15, 0.2) is 30.3 Å². The molecule has 1 aromatic carbocycles. The molecule has 0 aliphatic heterocycles. The van der Waals surface area contributed by atoms with E-state index in [0.717, 1.165) is 5.56 Å². The Bertz CT molecular complexity index is 397. The molecular formula is C14H18O2. The first-order valence-electron chi connectivity index (χ1n) is 5.38. The molecule has 0 radical (unpaired) electrons. The van der Waals surface area contributed by atoms with E-state index < -0.39 is 5.97 Å². The van der Waals surface area contributed by atoms with Crippen LogP contribution in [0.5, 0.6) is 0 Å². The minimum atomic E-state index is -0.803. The van der Waals surface area contributed by atoms with E-state index in [2.05, 4.69) is 32.9 Å². The standard InChI is InChI=1S/C14H18O2/c1-14(2,3)12-8-4-6-11(10-12)7-5-9-13(15)16/h4-8,10H,9H2,1-3H3,(H,15,16). The average molecular weight is 218 g/mol. The van der Waals surface area contributed by atoms with Gasteiger partial charge < -0.3 is 5.11 Å². The van der Waals surface area contributed by atoms with E-state index in [0.29, 0.717) is 0 Å². The maximum Gasteiger partial charge on any atom is 0.307 e. The highest BCUT2D eigenvalue weighted by Crippen LogP contribution is 2.23. The lowest BCUT2D eigenvalue weighted by Gasteiger charge is -2.19. The maximum atomic E-state index is 10.4. The molecule has 0 unspecified atom stereocenters. The van der Waals surface area contributed by atoms with E-state index in [9.17, 15) is 4.79 Å². The van der Waals surface area contributed by atoms with Crippen molar-refractivity contribution in [3.8, 4) is 0 Å². The van der Waals surface area contributed by atoms with Crippen LogP contribution in [0.2, 0.25) is 0 Å². The van der Waals surface area contributed by atoms with E-state index in [1.807, 2.05) is 18.2 Å². The third-order valence-electron chi connectivity index (χ3n) is 2.36. The van der Waals surface area contributed by atoms with Gasteiger partial charge in [-0.1, -0.05) is 57.2 Å². The number of rotatable bonds is 3. The fourth-order valence-corrected chi connectivity index (χ4v) is 1.40. The Morgan fingerprint density at radius 1 is 1.38 bits per heavy atom. The van der Waals surface area contributed by atoms with Crippen molar-refractivity contribution in [3.63, 3.8) is 0 Å². The average Bonchev–Trinajstić information content (AvgIpc) is 2.16. The molecule has 2 nitrogen and oxygen atoms in total. The summed E-state index contributed by atoms with van der Waals surface area (Å²) in [6, 6.07) is 8.17. The summed E-state index contributed by atoms with van der Waals surface area (Å²) in [6.07, 6.45) is 3.59. The Kier molecular flexibility index (Phi) is 3.88. The topological polar surface area (TPSA) is 37.3 Å². The first-order chi connectivity index (χ1) is 7.39. The molecule has 0 spiro atoms. The Morgan fingerprint density at radius 2 is 2.06 bits per heavy atom. The van der Waals surface area contributed by atoms with Gasteiger partial charge in [-0.3, -0.25) is 4.79 Å². The number of hydrogen-bond acceptors (Lipinski definition) is 1. The van der Waals surface area contributed by atoms with Gasteiger partial charge in [-0.25, -0.2) is 0 Å². The van der Waals surface area contributed by atoms with E-state index >= 15 is 0 Å². The number of aliphatic carboxylic acids is 1. The Balaban J connectivity index is 2.83. The van der Waals surface area contributed by atoms with Crippen LogP contribution in [0.25, 0.3) is 6.08 Å². The highest BCUT2D eigenvalue weighted by molar-refractivity contribution is 5.70. The molecule has 0 aliphatic rings. The number of carboxylic acid groups (broad SMARTS) is 1. The predicted octanol–water partition coefficient (Wildman–Crippen LogP) is 3.47. The van der Waals surface area contributed by atoms with Gasteiger partial charge in [-0.2, -0.15) is 0 Å². The van der Waals surface area contributed by atoms with E-state index in [4.69, 9.17) is 5.11 Å². The van der Waals surface area contributed by atoms with Crippen LogP contribution in [-0.2, 0) is 10.2 Å². The van der Waals surface area contributed by atoms with E-state index in [1.54, 1.807) is 6.08 Å². The lowest BCUT2D eigenvalue weighted by Crippen LogP contribution is -2.10. The molecule has 0 aliphatic carbocycles. The summed E-state index contributed by atoms with van der Waals surface area (Å²) in [6.45, 7) is 6.48. The van der Waals surface area contributed by atoms with Crippen molar-refractivity contribution in [1.82, 2.24) is 0 Å². The minimum absolute atomic E-state index is 0.0692. The minimum Gasteiger partial charge on any atom is -0.481 e. The summed E-state index contributed by atoms with van der Waals surface area (Å²) < 4.78 is 0. The monoisotopic (exact) mass is 218 g/mol. The second-order valence-electron chi connectivity index (χ2n) is 4.88. The van der Waals surface area contributed by atoms with Gasteiger partial charge >= 0.3 is 5.97 Å². The lowest BCUT2D eigenvalue weighted by atomic mass is 9.86. The summed E-state index contributed by atoms with van der Waals surface area (Å²) in [7, 11) is 0. The molecule has 1 aromatic rings. The molecule has 0 saturated carbocycles. The smallest absolute Gasteiger partial charge is 0.307 e. The van der Waals surface area contributed by atoms with Crippen LogP contribution in [-0.4, -0.2) is 11.1 Å². The number of benzene rings is 1. The number of hydrogen-bond donors (Lipinski definition) is 1. The zero-order valence-electron chi connectivity index (χ0n) is 10.0. The fraction of sp³-hybridized carbons (Fsp3) is 0.357. The van der Waals surface area contributed by atoms with Crippen LogP contribution >= 0.6 is 0 Å². The predicted molar refractivity (Wildman–Crippen MR) is 66.4 cm³/mol. The van der Waals surface area contributed by atoms with Crippen molar-refractivity contribution >= 4 is 12.0 Å². The van der Waals surface area contributed by atoms with Crippen LogP contribution in [0.1, 0.15) is 38.3 Å². The van der Waals surface area contributed by atoms with Crippen molar-refractivity contribution in [1.29, 1.82) is 0 Å².